The molecule has 3 N–H and O–H groups in total. The maximum absolute atomic E-state index is 14.8. The smallest absolute Gasteiger partial charge is 0.253 e. The number of ether oxygens (including phenoxy) is 1. The van der Waals surface area contributed by atoms with Gasteiger partial charge in [-0.15, -0.1) is 0 Å². The Labute approximate surface area is 263 Å². The van der Waals surface area contributed by atoms with E-state index in [2.05, 4.69) is 10.6 Å². The zero-order valence-corrected chi connectivity index (χ0v) is 25.6. The highest BCUT2D eigenvalue weighted by atomic mass is 19.1. The number of aliphatic hydroxyl groups excluding tert-OH is 1. The fourth-order valence-corrected chi connectivity index (χ4v) is 5.95. The summed E-state index contributed by atoms with van der Waals surface area (Å²) in [6, 6.07) is 18.5. The Morgan fingerprint density at radius 1 is 0.956 bits per heavy atom. The first-order chi connectivity index (χ1) is 21.8. The number of halogens is 1. The minimum Gasteiger partial charge on any atom is -0.493 e. The van der Waals surface area contributed by atoms with Crippen LogP contribution >= 0.6 is 0 Å². The SMILES string of the molecule is CCCN1CCCCOc2cc(F)cc(c2)CC(C(O)C2NCCN(Cc3ccccc3)C2=O)NC(=O)c2cccc(c2)C1=O. The van der Waals surface area contributed by atoms with Gasteiger partial charge >= 0.3 is 0 Å². The molecule has 0 aromatic heterocycles. The first-order valence-electron chi connectivity index (χ1n) is 15.7. The molecule has 3 amide bonds. The van der Waals surface area contributed by atoms with E-state index >= 15 is 0 Å². The maximum Gasteiger partial charge on any atom is 0.253 e. The minimum absolute atomic E-state index is 0.0358. The van der Waals surface area contributed by atoms with Crippen LogP contribution in [-0.4, -0.2) is 83.6 Å². The van der Waals surface area contributed by atoms with Crippen molar-refractivity contribution in [3.63, 3.8) is 0 Å². The maximum atomic E-state index is 14.8. The van der Waals surface area contributed by atoms with Gasteiger partial charge in [-0.3, -0.25) is 14.4 Å². The molecule has 10 heteroatoms. The molecule has 3 aromatic carbocycles. The van der Waals surface area contributed by atoms with E-state index in [9.17, 15) is 23.9 Å². The number of fused-ring (bicyclic) bond motifs is 4. The number of benzene rings is 3. The van der Waals surface area contributed by atoms with E-state index in [0.717, 1.165) is 12.0 Å². The van der Waals surface area contributed by atoms with E-state index < -0.39 is 29.9 Å². The summed E-state index contributed by atoms with van der Waals surface area (Å²) in [6.45, 7) is 4.75. The standard InChI is InChI=1S/C35H41FN4O5/c1-2-14-39-15-6-7-17-45-29-19-25(18-28(36)22-29)20-30(38-33(42)26-11-8-12-27(21-26)34(39)43)32(41)31-35(44)40(16-13-37-31)23-24-9-4-3-5-10-24/h3-5,8-12,18-19,21-22,30-32,37,41H,2,6-7,13-17,20,23H2,1H3,(H,38,42). The third kappa shape index (κ3) is 8.26. The van der Waals surface area contributed by atoms with Crippen LogP contribution in [0.4, 0.5) is 4.39 Å². The van der Waals surface area contributed by atoms with Gasteiger partial charge in [-0.2, -0.15) is 0 Å². The lowest BCUT2D eigenvalue weighted by atomic mass is 9.93. The third-order valence-electron chi connectivity index (χ3n) is 8.24. The summed E-state index contributed by atoms with van der Waals surface area (Å²) in [4.78, 5) is 44.2. The summed E-state index contributed by atoms with van der Waals surface area (Å²) in [5.41, 5.74) is 2.11. The Bertz CT molecular complexity index is 1490. The molecule has 3 aromatic rings. The number of aliphatic hydroxyl groups is 1. The molecule has 2 aliphatic rings. The van der Waals surface area contributed by atoms with Gasteiger partial charge in [0, 0.05) is 49.9 Å². The van der Waals surface area contributed by atoms with E-state index in [-0.39, 0.29) is 23.8 Å². The summed E-state index contributed by atoms with van der Waals surface area (Å²) < 4.78 is 20.6. The van der Waals surface area contributed by atoms with Gasteiger partial charge in [-0.1, -0.05) is 43.3 Å². The van der Waals surface area contributed by atoms with Gasteiger partial charge in [0.15, 0.2) is 0 Å². The molecule has 3 unspecified atom stereocenters. The molecule has 0 spiro atoms. The number of carbonyl (C=O) groups is 3. The van der Waals surface area contributed by atoms with Crippen molar-refractivity contribution in [1.82, 2.24) is 20.4 Å². The zero-order chi connectivity index (χ0) is 31.8. The molecule has 45 heavy (non-hydrogen) atoms. The van der Waals surface area contributed by atoms with Crippen LogP contribution < -0.4 is 15.4 Å². The van der Waals surface area contributed by atoms with Crippen LogP contribution in [0.25, 0.3) is 0 Å². The van der Waals surface area contributed by atoms with Gasteiger partial charge in [0.1, 0.15) is 17.6 Å². The summed E-state index contributed by atoms with van der Waals surface area (Å²) in [7, 11) is 0. The van der Waals surface area contributed by atoms with Crippen LogP contribution in [0.3, 0.4) is 0 Å². The second kappa shape index (κ2) is 15.1. The fourth-order valence-electron chi connectivity index (χ4n) is 5.95. The topological polar surface area (TPSA) is 111 Å². The number of rotatable bonds is 6. The molecule has 0 saturated carbocycles. The van der Waals surface area contributed by atoms with Crippen LogP contribution in [0.2, 0.25) is 0 Å². The molecule has 3 atom stereocenters. The highest BCUT2D eigenvalue weighted by Crippen LogP contribution is 2.22. The fraction of sp³-hybridized carbons (Fsp3) is 0.400. The Balaban J connectivity index is 1.45. The van der Waals surface area contributed by atoms with E-state index in [1.165, 1.54) is 12.1 Å². The highest BCUT2D eigenvalue weighted by Gasteiger charge is 2.38. The average Bonchev–Trinajstić information content (AvgIpc) is 3.04. The molecule has 2 heterocycles. The van der Waals surface area contributed by atoms with Gasteiger partial charge in [-0.25, -0.2) is 4.39 Å². The van der Waals surface area contributed by atoms with Crippen LogP contribution in [-0.2, 0) is 17.8 Å². The van der Waals surface area contributed by atoms with Crippen molar-refractivity contribution >= 4 is 17.7 Å². The molecule has 2 aliphatic heterocycles. The summed E-state index contributed by atoms with van der Waals surface area (Å²) in [6.07, 6.45) is 0.834. The van der Waals surface area contributed by atoms with Crippen molar-refractivity contribution in [1.29, 1.82) is 0 Å². The number of nitrogens with zero attached hydrogens (tertiary/aromatic N) is 2. The molecule has 0 aliphatic carbocycles. The molecule has 4 bridgehead atoms. The van der Waals surface area contributed by atoms with Crippen molar-refractivity contribution in [2.24, 2.45) is 0 Å². The van der Waals surface area contributed by atoms with Crippen molar-refractivity contribution in [3.05, 3.63) is 101 Å². The molecular weight excluding hydrogens is 575 g/mol. The van der Waals surface area contributed by atoms with Crippen LogP contribution in [0.15, 0.2) is 72.8 Å². The average molecular weight is 617 g/mol. The second-order valence-electron chi connectivity index (χ2n) is 11.7. The van der Waals surface area contributed by atoms with Crippen molar-refractivity contribution < 1.29 is 28.6 Å². The largest absolute Gasteiger partial charge is 0.493 e. The Hall–Kier alpha value is -4.28. The Morgan fingerprint density at radius 2 is 1.76 bits per heavy atom. The first-order valence-corrected chi connectivity index (χ1v) is 15.7. The van der Waals surface area contributed by atoms with Crippen LogP contribution in [0.5, 0.6) is 5.75 Å². The summed E-state index contributed by atoms with van der Waals surface area (Å²) in [5.74, 6) is -1.15. The number of hydrogen-bond donors (Lipinski definition) is 3. The molecule has 5 rings (SSSR count). The highest BCUT2D eigenvalue weighted by molar-refractivity contribution is 6.00. The van der Waals surface area contributed by atoms with Crippen molar-refractivity contribution in [2.75, 3.05) is 32.8 Å². The van der Waals surface area contributed by atoms with Gasteiger partial charge in [-0.05, 0) is 67.1 Å². The van der Waals surface area contributed by atoms with Crippen LogP contribution in [0, 0.1) is 5.82 Å². The predicted octanol–water partition coefficient (Wildman–Crippen LogP) is 3.55. The normalized spacial score (nSPS) is 20.6. The summed E-state index contributed by atoms with van der Waals surface area (Å²) in [5, 5.41) is 17.7. The first kappa shape index (κ1) is 32.1. The second-order valence-corrected chi connectivity index (χ2v) is 11.7. The van der Waals surface area contributed by atoms with Gasteiger partial charge in [0.25, 0.3) is 11.8 Å². The molecule has 1 saturated heterocycles. The molecule has 1 fully saturated rings. The van der Waals surface area contributed by atoms with Gasteiger partial charge in [0.05, 0.1) is 18.8 Å². The van der Waals surface area contributed by atoms with Gasteiger partial charge < -0.3 is 30.3 Å². The zero-order valence-electron chi connectivity index (χ0n) is 25.6. The monoisotopic (exact) mass is 616 g/mol. The number of carbonyl (C=O) groups excluding carboxylic acids is 3. The number of piperazine rings is 1. The van der Waals surface area contributed by atoms with Crippen LogP contribution in [0.1, 0.15) is 58.0 Å². The lowest BCUT2D eigenvalue weighted by Gasteiger charge is -2.38. The van der Waals surface area contributed by atoms with Crippen molar-refractivity contribution in [2.45, 2.75) is 57.3 Å². The predicted molar refractivity (Wildman–Crippen MR) is 168 cm³/mol. The molecule has 0 radical (unpaired) electrons. The lowest BCUT2D eigenvalue weighted by molar-refractivity contribution is -0.140. The minimum atomic E-state index is -1.35. The lowest BCUT2D eigenvalue weighted by Crippen LogP contribution is -2.63. The van der Waals surface area contributed by atoms with Crippen molar-refractivity contribution in [3.8, 4) is 5.75 Å². The third-order valence-corrected chi connectivity index (χ3v) is 8.24. The van der Waals surface area contributed by atoms with E-state index in [4.69, 9.17) is 4.74 Å². The van der Waals surface area contributed by atoms with E-state index in [0.29, 0.717) is 69.0 Å². The quantitative estimate of drug-likeness (QED) is 0.391. The number of amides is 3. The van der Waals surface area contributed by atoms with E-state index in [1.807, 2.05) is 37.3 Å². The Kier molecular flexibility index (Phi) is 10.8. The molecule has 9 nitrogen and oxygen atoms in total. The molecule has 238 valence electrons. The van der Waals surface area contributed by atoms with Gasteiger partial charge in [0.2, 0.25) is 5.91 Å². The number of hydrogen-bond acceptors (Lipinski definition) is 6. The summed E-state index contributed by atoms with van der Waals surface area (Å²) >= 11 is 0. The van der Waals surface area contributed by atoms with E-state index in [1.54, 1.807) is 40.1 Å². The Morgan fingerprint density at radius 3 is 2.56 bits per heavy atom. The number of nitrogens with one attached hydrogen (secondary N) is 2. The molecular formula is C35H41FN4O5.